The van der Waals surface area contributed by atoms with E-state index in [2.05, 4.69) is 15.6 Å². The van der Waals surface area contributed by atoms with Crippen LogP contribution in [0.25, 0.3) is 10.9 Å². The normalized spacial score (nSPS) is 11.7. The van der Waals surface area contributed by atoms with Gasteiger partial charge in [0.25, 0.3) is 0 Å². The lowest BCUT2D eigenvalue weighted by atomic mass is 10.0. The van der Waals surface area contributed by atoms with Gasteiger partial charge in [0.2, 0.25) is 11.8 Å². The van der Waals surface area contributed by atoms with Gasteiger partial charge in [0, 0.05) is 42.0 Å². The number of carbonyl (C=O) groups is 2. The quantitative estimate of drug-likeness (QED) is 0.234. The van der Waals surface area contributed by atoms with Gasteiger partial charge in [-0.25, -0.2) is 0 Å². The number of aromatic nitrogens is 1. The Balaban J connectivity index is 2.10. The molecule has 0 spiro atoms. The van der Waals surface area contributed by atoms with Gasteiger partial charge in [-0.2, -0.15) is 0 Å². The molecule has 3 rings (SSSR count). The third-order valence-corrected chi connectivity index (χ3v) is 5.91. The van der Waals surface area contributed by atoms with Gasteiger partial charge in [-0.05, 0) is 43.5 Å². The van der Waals surface area contributed by atoms with Crippen molar-refractivity contribution in [2.45, 2.75) is 46.2 Å². The first-order chi connectivity index (χ1) is 17.8. The summed E-state index contributed by atoms with van der Waals surface area (Å²) < 4.78 is 11.6. The minimum absolute atomic E-state index is 0.0106. The summed E-state index contributed by atoms with van der Waals surface area (Å²) in [5, 5.41) is 7.13. The minimum atomic E-state index is -0.757. The van der Waals surface area contributed by atoms with Gasteiger partial charge in [0.15, 0.2) is 11.5 Å². The number of carbonyl (C=O) groups excluding carboxylic acids is 2. The highest BCUT2D eigenvalue weighted by Gasteiger charge is 2.18. The molecule has 2 amide bonds. The van der Waals surface area contributed by atoms with Crippen LogP contribution in [0.1, 0.15) is 37.5 Å². The molecule has 2 aromatic carbocycles. The van der Waals surface area contributed by atoms with Crippen LogP contribution in [-0.4, -0.2) is 42.6 Å². The molecule has 198 valence electrons. The summed E-state index contributed by atoms with van der Waals surface area (Å²) in [6.45, 7) is 7.16. The SMILES string of the molecule is CCOc1cc2ncc(CC(N)=O)c(Nc3cccc(CNC(=O)[C@@H](N)CN)c3CC)c2cc1OCC. The van der Waals surface area contributed by atoms with Gasteiger partial charge < -0.3 is 37.3 Å². The van der Waals surface area contributed by atoms with E-state index in [0.29, 0.717) is 54.4 Å². The van der Waals surface area contributed by atoms with Gasteiger partial charge in [0.1, 0.15) is 0 Å². The largest absolute Gasteiger partial charge is 0.490 e. The minimum Gasteiger partial charge on any atom is -0.490 e. The standard InChI is InChI=1S/C27H36N6O4/c1-4-18-16(14-32-27(35)20(29)13-28)8-7-9-21(18)33-26-17(10-25(30)34)15-31-22-12-24(37-6-3)23(36-5-2)11-19(22)26/h7-9,11-12,15,20H,4-6,10,13-14,28-29H2,1-3H3,(H2,30,34)(H,31,33)(H,32,35)/t20-/m0/s1. The Hall–Kier alpha value is -3.89. The van der Waals surface area contributed by atoms with Crippen molar-refractivity contribution in [1.82, 2.24) is 10.3 Å². The number of rotatable bonds is 13. The zero-order valence-electron chi connectivity index (χ0n) is 21.6. The lowest BCUT2D eigenvalue weighted by molar-refractivity contribution is -0.122. The maximum Gasteiger partial charge on any atom is 0.238 e. The number of anilines is 2. The molecule has 0 bridgehead atoms. The molecule has 0 saturated heterocycles. The monoisotopic (exact) mass is 508 g/mol. The van der Waals surface area contributed by atoms with E-state index in [4.69, 9.17) is 26.7 Å². The van der Waals surface area contributed by atoms with Crippen LogP contribution in [0.15, 0.2) is 36.5 Å². The fourth-order valence-electron chi connectivity index (χ4n) is 4.14. The Morgan fingerprint density at radius 3 is 2.38 bits per heavy atom. The summed E-state index contributed by atoms with van der Waals surface area (Å²) in [6, 6.07) is 8.75. The Labute approximate surface area is 216 Å². The number of amides is 2. The lowest BCUT2D eigenvalue weighted by Gasteiger charge is -2.20. The van der Waals surface area contributed by atoms with Crippen molar-refractivity contribution in [1.29, 1.82) is 0 Å². The number of benzene rings is 2. The molecule has 8 N–H and O–H groups in total. The van der Waals surface area contributed by atoms with Gasteiger partial charge in [-0.15, -0.1) is 0 Å². The maximum absolute atomic E-state index is 12.2. The third kappa shape index (κ3) is 6.66. The number of nitrogens with zero attached hydrogens (tertiary/aromatic N) is 1. The summed E-state index contributed by atoms with van der Waals surface area (Å²) >= 11 is 0. The van der Waals surface area contributed by atoms with E-state index in [-0.39, 0.29) is 18.9 Å². The Morgan fingerprint density at radius 1 is 1.05 bits per heavy atom. The van der Waals surface area contributed by atoms with E-state index in [1.165, 1.54) is 0 Å². The molecule has 1 atom stereocenters. The molecule has 37 heavy (non-hydrogen) atoms. The molecule has 0 saturated carbocycles. The van der Waals surface area contributed by atoms with E-state index in [9.17, 15) is 9.59 Å². The Morgan fingerprint density at radius 2 is 1.76 bits per heavy atom. The number of fused-ring (bicyclic) bond motifs is 1. The average Bonchev–Trinajstić information content (AvgIpc) is 2.88. The molecule has 0 aliphatic heterocycles. The number of hydrogen-bond donors (Lipinski definition) is 5. The van der Waals surface area contributed by atoms with E-state index in [0.717, 1.165) is 22.2 Å². The summed E-state index contributed by atoms with van der Waals surface area (Å²) in [7, 11) is 0. The van der Waals surface area contributed by atoms with Crippen LogP contribution in [0.4, 0.5) is 11.4 Å². The van der Waals surface area contributed by atoms with Gasteiger partial charge in [-0.1, -0.05) is 19.1 Å². The van der Waals surface area contributed by atoms with Crippen LogP contribution >= 0.6 is 0 Å². The molecular weight excluding hydrogens is 472 g/mol. The van der Waals surface area contributed by atoms with Crippen molar-refractivity contribution < 1.29 is 19.1 Å². The molecule has 0 aliphatic rings. The lowest BCUT2D eigenvalue weighted by Crippen LogP contribution is -2.45. The molecule has 0 aliphatic carbocycles. The number of primary amides is 1. The second-order valence-electron chi connectivity index (χ2n) is 8.47. The van der Waals surface area contributed by atoms with Gasteiger partial charge in [0.05, 0.1) is 36.9 Å². The van der Waals surface area contributed by atoms with Crippen molar-refractivity contribution in [3.05, 3.63) is 53.2 Å². The third-order valence-electron chi connectivity index (χ3n) is 5.91. The van der Waals surface area contributed by atoms with Crippen LogP contribution in [0, 0.1) is 0 Å². The zero-order valence-corrected chi connectivity index (χ0v) is 21.6. The van der Waals surface area contributed by atoms with Crippen molar-refractivity contribution in [3.8, 4) is 11.5 Å². The molecule has 3 aromatic rings. The molecule has 10 nitrogen and oxygen atoms in total. The Bertz CT molecular complexity index is 1260. The van der Waals surface area contributed by atoms with E-state index in [1.807, 2.05) is 51.1 Å². The first kappa shape index (κ1) is 27.7. The second-order valence-corrected chi connectivity index (χ2v) is 8.47. The predicted octanol–water partition coefficient (Wildman–Crippen LogP) is 2.27. The molecule has 0 fully saturated rings. The van der Waals surface area contributed by atoms with Crippen LogP contribution in [-0.2, 0) is 29.0 Å². The number of hydrogen-bond acceptors (Lipinski definition) is 8. The predicted molar refractivity (Wildman–Crippen MR) is 145 cm³/mol. The number of pyridine rings is 1. The fraction of sp³-hybridized carbons (Fsp3) is 0.370. The van der Waals surface area contributed by atoms with Crippen LogP contribution < -0.4 is 37.3 Å². The number of ether oxygens (including phenoxy) is 2. The van der Waals surface area contributed by atoms with Crippen molar-refractivity contribution in [2.24, 2.45) is 17.2 Å². The molecule has 0 unspecified atom stereocenters. The first-order valence-corrected chi connectivity index (χ1v) is 12.4. The topological polar surface area (TPSA) is 168 Å². The summed E-state index contributed by atoms with van der Waals surface area (Å²) in [5.41, 5.74) is 21.6. The summed E-state index contributed by atoms with van der Waals surface area (Å²) in [6.07, 6.45) is 2.36. The summed E-state index contributed by atoms with van der Waals surface area (Å²) in [4.78, 5) is 28.6. The van der Waals surface area contributed by atoms with Gasteiger partial charge >= 0.3 is 0 Å². The molecule has 1 aromatic heterocycles. The molecular formula is C27H36N6O4. The van der Waals surface area contributed by atoms with E-state index in [1.54, 1.807) is 6.20 Å². The summed E-state index contributed by atoms with van der Waals surface area (Å²) in [5.74, 6) is 0.408. The van der Waals surface area contributed by atoms with Crippen LogP contribution in [0.3, 0.4) is 0 Å². The van der Waals surface area contributed by atoms with E-state index >= 15 is 0 Å². The molecule has 1 heterocycles. The average molecular weight is 509 g/mol. The Kier molecular flexibility index (Phi) is 9.64. The maximum atomic E-state index is 12.2. The number of nitrogens with two attached hydrogens (primary N) is 3. The first-order valence-electron chi connectivity index (χ1n) is 12.4. The smallest absolute Gasteiger partial charge is 0.238 e. The van der Waals surface area contributed by atoms with Crippen molar-refractivity contribution >= 4 is 34.1 Å². The van der Waals surface area contributed by atoms with Crippen molar-refractivity contribution in [2.75, 3.05) is 25.1 Å². The molecule has 0 radical (unpaired) electrons. The van der Waals surface area contributed by atoms with Gasteiger partial charge in [-0.3, -0.25) is 14.6 Å². The zero-order chi connectivity index (χ0) is 26.9. The second kappa shape index (κ2) is 12.9. The molecule has 10 heteroatoms. The highest BCUT2D eigenvalue weighted by molar-refractivity contribution is 5.98. The fourth-order valence-corrected chi connectivity index (χ4v) is 4.14. The van der Waals surface area contributed by atoms with Crippen LogP contribution in [0.2, 0.25) is 0 Å². The van der Waals surface area contributed by atoms with Crippen molar-refractivity contribution in [3.63, 3.8) is 0 Å². The highest BCUT2D eigenvalue weighted by Crippen LogP contribution is 2.38. The highest BCUT2D eigenvalue weighted by atomic mass is 16.5. The van der Waals surface area contributed by atoms with E-state index < -0.39 is 11.9 Å². The number of nitrogens with one attached hydrogen (secondary N) is 2. The van der Waals surface area contributed by atoms with Crippen LogP contribution in [0.5, 0.6) is 11.5 Å².